The highest BCUT2D eigenvalue weighted by Crippen LogP contribution is 2.30. The van der Waals surface area contributed by atoms with Crippen molar-refractivity contribution in [1.82, 2.24) is 5.32 Å². The summed E-state index contributed by atoms with van der Waals surface area (Å²) in [6, 6.07) is 9.34. The molecule has 0 aliphatic carbocycles. The molecule has 1 heterocycles. The maximum Gasteiger partial charge on any atom is 0.253 e. The summed E-state index contributed by atoms with van der Waals surface area (Å²) in [5, 5.41) is 2.78. The van der Waals surface area contributed by atoms with E-state index in [1.807, 2.05) is 0 Å². The van der Waals surface area contributed by atoms with Crippen LogP contribution in [-0.4, -0.2) is 40.2 Å². The minimum absolute atomic E-state index is 0.0437. The quantitative estimate of drug-likeness (QED) is 0.742. The van der Waals surface area contributed by atoms with Crippen molar-refractivity contribution >= 4 is 39.1 Å². The molecule has 2 aromatic carbocycles. The van der Waals surface area contributed by atoms with Crippen LogP contribution in [0.15, 0.2) is 36.4 Å². The lowest BCUT2D eigenvalue weighted by Gasteiger charge is -2.16. The number of nitrogens with zero attached hydrogens (tertiary/aromatic N) is 1. The largest absolute Gasteiger partial charge is 0.493 e. The van der Waals surface area contributed by atoms with Crippen molar-refractivity contribution in [3.05, 3.63) is 52.5 Å². The molecule has 1 aliphatic heterocycles. The normalized spacial score (nSPS) is 15.3. The van der Waals surface area contributed by atoms with E-state index in [0.717, 1.165) is 9.87 Å². The number of nitrogens with one attached hydrogen (secondary N) is 1. The van der Waals surface area contributed by atoms with Crippen LogP contribution in [0, 0.1) is 0 Å². The summed E-state index contributed by atoms with van der Waals surface area (Å²) in [7, 11) is -0.641. The van der Waals surface area contributed by atoms with Crippen molar-refractivity contribution in [1.29, 1.82) is 0 Å². The number of rotatable bonds is 6. The second-order valence-electron chi connectivity index (χ2n) is 6.26. The summed E-state index contributed by atoms with van der Waals surface area (Å²) in [6.45, 7) is 0.219. The molecule has 0 saturated carbocycles. The molecule has 1 aliphatic rings. The third-order valence-electron chi connectivity index (χ3n) is 4.41. The fourth-order valence-corrected chi connectivity index (χ4v) is 4.66. The number of halogens is 1. The zero-order valence-electron chi connectivity index (χ0n) is 15.8. The Bertz CT molecular complexity index is 1070. The molecule has 2 aromatic rings. The van der Waals surface area contributed by atoms with Gasteiger partial charge < -0.3 is 14.8 Å². The van der Waals surface area contributed by atoms with Gasteiger partial charge in [-0.1, -0.05) is 17.7 Å². The standard InChI is InChI=1S/C19H19ClN2O6S/c1-27-16-6-3-12(9-17(16)28-2)11-21-19(24)14-5-4-13(10-15(14)20)22-18(23)7-8-29(22,25)26/h3-6,9-10H,7-8,11H2,1-2H3,(H,21,24). The smallest absolute Gasteiger partial charge is 0.253 e. The maximum atomic E-state index is 12.5. The number of benzene rings is 2. The van der Waals surface area contributed by atoms with Gasteiger partial charge in [0.2, 0.25) is 15.9 Å². The molecule has 0 spiro atoms. The predicted molar refractivity (Wildman–Crippen MR) is 108 cm³/mol. The van der Waals surface area contributed by atoms with E-state index in [4.69, 9.17) is 21.1 Å². The summed E-state index contributed by atoms with van der Waals surface area (Å²) in [4.78, 5) is 24.4. The molecule has 0 bridgehead atoms. The number of hydrogen-bond acceptors (Lipinski definition) is 6. The number of ether oxygens (including phenoxy) is 2. The molecule has 3 rings (SSSR count). The first-order valence-corrected chi connectivity index (χ1v) is 10.6. The number of carbonyl (C=O) groups excluding carboxylic acids is 2. The average molecular weight is 439 g/mol. The average Bonchev–Trinajstić information content (AvgIpc) is 2.98. The first-order valence-electron chi connectivity index (χ1n) is 8.61. The molecular weight excluding hydrogens is 420 g/mol. The Hall–Kier alpha value is -2.78. The van der Waals surface area contributed by atoms with Gasteiger partial charge in [0.15, 0.2) is 11.5 Å². The summed E-state index contributed by atoms with van der Waals surface area (Å²) in [6.07, 6.45) is -0.0759. The van der Waals surface area contributed by atoms with Crippen LogP contribution < -0.4 is 19.1 Å². The van der Waals surface area contributed by atoms with Crippen molar-refractivity contribution in [2.45, 2.75) is 13.0 Å². The third-order valence-corrected chi connectivity index (χ3v) is 6.41. The van der Waals surface area contributed by atoms with Crippen molar-refractivity contribution in [3.8, 4) is 11.5 Å². The molecule has 0 atom stereocenters. The summed E-state index contributed by atoms with van der Waals surface area (Å²) < 4.78 is 35.2. The van der Waals surface area contributed by atoms with E-state index in [2.05, 4.69) is 5.32 Å². The van der Waals surface area contributed by atoms with E-state index in [1.54, 1.807) is 18.2 Å². The zero-order valence-corrected chi connectivity index (χ0v) is 17.3. The molecule has 154 valence electrons. The van der Waals surface area contributed by atoms with Crippen molar-refractivity contribution < 1.29 is 27.5 Å². The van der Waals surface area contributed by atoms with Crippen molar-refractivity contribution in [2.24, 2.45) is 0 Å². The van der Waals surface area contributed by atoms with Crippen LogP contribution in [0.1, 0.15) is 22.3 Å². The van der Waals surface area contributed by atoms with E-state index in [0.29, 0.717) is 11.5 Å². The van der Waals surface area contributed by atoms with Gasteiger partial charge in [-0.3, -0.25) is 9.59 Å². The SMILES string of the molecule is COc1ccc(CNC(=O)c2ccc(N3C(=O)CCS3(=O)=O)cc2Cl)cc1OC. The highest BCUT2D eigenvalue weighted by atomic mass is 35.5. The molecule has 1 fully saturated rings. The van der Waals surface area contributed by atoms with E-state index in [1.165, 1.54) is 32.4 Å². The Morgan fingerprint density at radius 3 is 2.45 bits per heavy atom. The molecule has 1 N–H and O–H groups in total. The first kappa shape index (κ1) is 20.9. The monoisotopic (exact) mass is 438 g/mol. The molecular formula is C19H19ClN2O6S. The van der Waals surface area contributed by atoms with E-state index >= 15 is 0 Å². The number of carbonyl (C=O) groups is 2. The van der Waals surface area contributed by atoms with E-state index < -0.39 is 21.8 Å². The fraction of sp³-hybridized carbons (Fsp3) is 0.263. The lowest BCUT2D eigenvalue weighted by atomic mass is 10.1. The van der Waals surface area contributed by atoms with Gasteiger partial charge in [-0.05, 0) is 35.9 Å². The fourth-order valence-electron chi connectivity index (χ4n) is 2.95. The lowest BCUT2D eigenvalue weighted by Crippen LogP contribution is -2.29. The lowest BCUT2D eigenvalue weighted by molar-refractivity contribution is -0.116. The van der Waals surface area contributed by atoms with Crippen molar-refractivity contribution in [3.63, 3.8) is 0 Å². The molecule has 1 saturated heterocycles. The number of anilines is 1. The van der Waals surface area contributed by atoms with Crippen LogP contribution in [0.4, 0.5) is 5.69 Å². The van der Waals surface area contributed by atoms with Gasteiger partial charge in [-0.25, -0.2) is 12.7 Å². The van der Waals surface area contributed by atoms with Crippen LogP contribution in [0.5, 0.6) is 11.5 Å². The molecule has 2 amide bonds. The van der Waals surface area contributed by atoms with Crippen LogP contribution >= 0.6 is 11.6 Å². The van der Waals surface area contributed by atoms with Gasteiger partial charge >= 0.3 is 0 Å². The van der Waals surface area contributed by atoms with Crippen LogP contribution in [-0.2, 0) is 21.4 Å². The van der Waals surface area contributed by atoms with Gasteiger partial charge in [0.05, 0.1) is 36.2 Å². The second-order valence-corrected chi connectivity index (χ2v) is 8.60. The topological polar surface area (TPSA) is 102 Å². The number of amides is 2. The Morgan fingerprint density at radius 2 is 1.86 bits per heavy atom. The predicted octanol–water partition coefficient (Wildman–Crippen LogP) is 2.35. The Balaban J connectivity index is 1.74. The van der Waals surface area contributed by atoms with Gasteiger partial charge in [0, 0.05) is 13.0 Å². The van der Waals surface area contributed by atoms with Crippen LogP contribution in [0.25, 0.3) is 0 Å². The molecule has 0 unspecified atom stereocenters. The van der Waals surface area contributed by atoms with Crippen LogP contribution in [0.2, 0.25) is 5.02 Å². The number of methoxy groups -OCH3 is 2. The Labute approximate surface area is 173 Å². The Kier molecular flexibility index (Phi) is 5.99. The summed E-state index contributed by atoms with van der Waals surface area (Å²) in [5.41, 5.74) is 1.08. The van der Waals surface area contributed by atoms with Gasteiger partial charge in [0.25, 0.3) is 5.91 Å². The molecule has 8 nitrogen and oxygen atoms in total. The minimum atomic E-state index is -3.70. The molecule has 10 heteroatoms. The van der Waals surface area contributed by atoms with E-state index in [-0.39, 0.29) is 35.0 Å². The maximum absolute atomic E-state index is 12.5. The van der Waals surface area contributed by atoms with Crippen molar-refractivity contribution in [2.75, 3.05) is 24.3 Å². The van der Waals surface area contributed by atoms with Gasteiger partial charge in [-0.15, -0.1) is 0 Å². The molecule has 29 heavy (non-hydrogen) atoms. The summed E-state index contributed by atoms with van der Waals surface area (Å²) >= 11 is 6.18. The number of hydrogen-bond donors (Lipinski definition) is 1. The van der Waals surface area contributed by atoms with Gasteiger partial charge in [0.1, 0.15) is 0 Å². The number of sulfonamides is 1. The van der Waals surface area contributed by atoms with Gasteiger partial charge in [-0.2, -0.15) is 0 Å². The molecule has 0 radical (unpaired) electrons. The zero-order chi connectivity index (χ0) is 21.2. The molecule has 0 aromatic heterocycles. The summed E-state index contributed by atoms with van der Waals surface area (Å²) in [5.74, 6) is -0.0822. The second kappa shape index (κ2) is 8.30. The van der Waals surface area contributed by atoms with E-state index in [9.17, 15) is 18.0 Å². The highest BCUT2D eigenvalue weighted by molar-refractivity contribution is 7.94. The first-order chi connectivity index (χ1) is 13.8. The van der Waals surface area contributed by atoms with Crippen LogP contribution in [0.3, 0.4) is 0 Å². The third kappa shape index (κ3) is 4.30. The highest BCUT2D eigenvalue weighted by Gasteiger charge is 2.36. The Morgan fingerprint density at radius 1 is 1.14 bits per heavy atom. The minimum Gasteiger partial charge on any atom is -0.493 e.